The molecule has 7 nitrogen and oxygen atoms in total. The van der Waals surface area contributed by atoms with E-state index in [0.29, 0.717) is 0 Å². The minimum absolute atomic E-state index is 0. The fraction of sp³-hybridized carbons (Fsp3) is 0.333. The average Bonchev–Trinajstić information content (AvgIpc) is 2.36. The predicted molar refractivity (Wildman–Crippen MR) is 69.9 cm³/mol. The number of rotatable bonds is 5. The summed E-state index contributed by atoms with van der Waals surface area (Å²) in [6.45, 7) is 2.13. The number of carboxylic acids is 2. The summed E-state index contributed by atoms with van der Waals surface area (Å²) < 4.78 is 28.7. The zero-order valence-electron chi connectivity index (χ0n) is 11.7. The van der Waals surface area contributed by atoms with Crippen molar-refractivity contribution < 1.29 is 62.3 Å². The normalized spacial score (nSPS) is 11.3. The van der Waals surface area contributed by atoms with Crippen molar-refractivity contribution in [3.05, 3.63) is 35.9 Å². The van der Waals surface area contributed by atoms with Crippen molar-refractivity contribution in [3.63, 3.8) is 0 Å². The third-order valence-corrected chi connectivity index (χ3v) is 3.24. The van der Waals surface area contributed by atoms with Crippen molar-refractivity contribution in [2.24, 2.45) is 0 Å². The maximum atomic E-state index is 10.2. The molecule has 0 bridgehead atoms. The van der Waals surface area contributed by atoms with Crippen LogP contribution in [0.25, 0.3) is 0 Å². The molecule has 0 spiro atoms. The van der Waals surface area contributed by atoms with Crippen molar-refractivity contribution in [3.8, 4) is 0 Å². The van der Waals surface area contributed by atoms with E-state index < -0.39 is 33.7 Å². The Balaban J connectivity index is 0. The van der Waals surface area contributed by atoms with E-state index in [-0.39, 0.29) is 29.6 Å². The van der Waals surface area contributed by atoms with Gasteiger partial charge in [-0.25, -0.2) is 0 Å². The number of benzene rings is 1. The Hall–Kier alpha value is -0.930. The summed E-state index contributed by atoms with van der Waals surface area (Å²) >= 11 is 0. The third-order valence-electron chi connectivity index (χ3n) is 2.15. The Morgan fingerprint density at radius 1 is 1.29 bits per heavy atom. The molecule has 0 saturated heterocycles. The van der Waals surface area contributed by atoms with Gasteiger partial charge in [0.05, 0.1) is 6.42 Å². The number of carboxylic acid groups (broad SMARTS) is 2. The minimum Gasteiger partial charge on any atom is -0.481 e. The fourth-order valence-corrected chi connectivity index (χ4v) is 1.74. The Morgan fingerprint density at radius 2 is 1.86 bits per heavy atom. The molecule has 1 rings (SSSR count). The van der Waals surface area contributed by atoms with Crippen molar-refractivity contribution in [2.75, 3.05) is 0 Å². The van der Waals surface area contributed by atoms with Crippen LogP contribution < -0.4 is 29.6 Å². The first-order valence-electron chi connectivity index (χ1n) is 5.55. The van der Waals surface area contributed by atoms with Crippen LogP contribution in [-0.2, 0) is 26.1 Å². The third kappa shape index (κ3) is 10.4. The molecule has 0 fully saturated rings. The zero-order chi connectivity index (χ0) is 15.8. The van der Waals surface area contributed by atoms with Crippen LogP contribution in [0.5, 0.6) is 0 Å². The van der Waals surface area contributed by atoms with Crippen LogP contribution in [0.1, 0.15) is 18.9 Å². The molecule has 0 radical (unpaired) electrons. The number of aliphatic carboxylic acids is 2. The van der Waals surface area contributed by atoms with Crippen molar-refractivity contribution in [1.82, 2.24) is 0 Å². The molecular weight excluding hydrogens is 311 g/mol. The zero-order valence-corrected chi connectivity index (χ0v) is 14.5. The van der Waals surface area contributed by atoms with E-state index in [4.69, 9.17) is 14.8 Å². The first-order chi connectivity index (χ1) is 9.18. The van der Waals surface area contributed by atoms with Gasteiger partial charge in [-0.15, -0.1) is 0 Å². The first-order valence-corrected chi connectivity index (χ1v) is 7.05. The molecular formula is C12H15NaO7S. The second kappa shape index (κ2) is 10.7. The number of carbonyl (C=O) groups is 2. The molecule has 21 heavy (non-hydrogen) atoms. The molecule has 0 aliphatic heterocycles. The number of hydrogen-bond acceptors (Lipinski definition) is 4. The second-order valence-corrected chi connectivity index (χ2v) is 5.28. The molecule has 9 heteroatoms. The summed E-state index contributed by atoms with van der Waals surface area (Å²) in [5.41, 5.74) is 1.28. The molecule has 0 aliphatic rings. The van der Waals surface area contributed by atoms with E-state index >= 15 is 0 Å². The summed E-state index contributed by atoms with van der Waals surface area (Å²) in [6.07, 6.45) is -0.0744. The van der Waals surface area contributed by atoms with E-state index in [2.05, 4.69) is 19.1 Å². The fourth-order valence-electron chi connectivity index (χ4n) is 1.13. The molecule has 1 aromatic rings. The van der Waals surface area contributed by atoms with Crippen LogP contribution in [0.15, 0.2) is 24.3 Å². The van der Waals surface area contributed by atoms with Gasteiger partial charge >= 0.3 is 41.5 Å². The molecule has 1 aromatic carbocycles. The largest absolute Gasteiger partial charge is 1.00 e. The van der Waals surface area contributed by atoms with Crippen molar-refractivity contribution in [1.29, 1.82) is 0 Å². The number of aryl methyl sites for hydroxylation is 1. The van der Waals surface area contributed by atoms with Crippen LogP contribution in [0, 0.1) is 6.07 Å². The van der Waals surface area contributed by atoms with Crippen molar-refractivity contribution in [2.45, 2.75) is 25.0 Å². The SMILES string of the molecule is CCc1[c-]cccc1.O=C(O)CC(C(=O)O)S(=O)(=O)O.[Na+]. The molecule has 3 N–H and O–H groups in total. The summed E-state index contributed by atoms with van der Waals surface area (Å²) in [5.74, 6) is -3.50. The summed E-state index contributed by atoms with van der Waals surface area (Å²) in [6, 6.07) is 11.2. The maximum Gasteiger partial charge on any atom is 1.00 e. The standard InChI is InChI=1S/C8H9.C4H6O7S.Na/c1-2-8-6-4-3-5-7-8;5-3(6)1-2(4(7)8)12(9,10)11;/h3-6H,2H2,1H3;2H,1H2,(H,5,6)(H,7,8)(H,9,10,11);/q-1;;+1. The van der Waals surface area contributed by atoms with E-state index in [9.17, 15) is 18.0 Å². The Labute approximate surface area is 145 Å². The van der Waals surface area contributed by atoms with Gasteiger partial charge in [0, 0.05) is 0 Å². The second-order valence-electron chi connectivity index (χ2n) is 3.68. The average molecular weight is 326 g/mol. The van der Waals surface area contributed by atoms with Gasteiger partial charge in [-0.1, -0.05) is 13.3 Å². The monoisotopic (exact) mass is 326 g/mol. The van der Waals surface area contributed by atoms with Crippen LogP contribution in [-0.4, -0.2) is 40.4 Å². The van der Waals surface area contributed by atoms with Gasteiger partial charge in [-0.2, -0.15) is 44.3 Å². The van der Waals surface area contributed by atoms with Gasteiger partial charge in [0.2, 0.25) is 0 Å². The van der Waals surface area contributed by atoms with Gasteiger partial charge < -0.3 is 10.2 Å². The topological polar surface area (TPSA) is 129 Å². The predicted octanol–water partition coefficient (Wildman–Crippen LogP) is -2.14. The molecule has 0 saturated carbocycles. The molecule has 1 atom stereocenters. The summed E-state index contributed by atoms with van der Waals surface area (Å²) in [7, 11) is -4.84. The van der Waals surface area contributed by atoms with Crippen LogP contribution in [0.3, 0.4) is 0 Å². The number of hydrogen-bond donors (Lipinski definition) is 3. The quantitative estimate of drug-likeness (QED) is 0.320. The van der Waals surface area contributed by atoms with Crippen molar-refractivity contribution >= 4 is 22.1 Å². The molecule has 112 valence electrons. The maximum absolute atomic E-state index is 10.2. The van der Waals surface area contributed by atoms with E-state index in [1.165, 1.54) is 5.56 Å². The molecule has 0 aliphatic carbocycles. The van der Waals surface area contributed by atoms with E-state index in [1.54, 1.807) is 0 Å². The van der Waals surface area contributed by atoms with Gasteiger partial charge in [0.15, 0.2) is 5.25 Å². The van der Waals surface area contributed by atoms with Crippen LogP contribution in [0.2, 0.25) is 0 Å². The molecule has 0 heterocycles. The Kier molecular flexibility index (Phi) is 11.4. The Morgan fingerprint density at radius 3 is 2.05 bits per heavy atom. The smallest absolute Gasteiger partial charge is 0.481 e. The summed E-state index contributed by atoms with van der Waals surface area (Å²) in [5, 5.41) is 13.9. The molecule has 1 unspecified atom stereocenters. The van der Waals surface area contributed by atoms with Crippen LogP contribution >= 0.6 is 0 Å². The summed E-state index contributed by atoms with van der Waals surface area (Å²) in [4.78, 5) is 20.0. The van der Waals surface area contributed by atoms with Crippen LogP contribution in [0.4, 0.5) is 0 Å². The van der Waals surface area contributed by atoms with E-state index in [1.807, 2.05) is 18.2 Å². The molecule has 0 aromatic heterocycles. The van der Waals surface area contributed by atoms with Gasteiger partial charge in [-0.05, 0) is 0 Å². The van der Waals surface area contributed by atoms with Gasteiger partial charge in [0.25, 0.3) is 10.1 Å². The van der Waals surface area contributed by atoms with Gasteiger partial charge in [-0.3, -0.25) is 14.1 Å². The Bertz CT molecular complexity index is 542. The minimum atomic E-state index is -4.84. The van der Waals surface area contributed by atoms with E-state index in [0.717, 1.165) is 6.42 Å². The molecule has 0 amide bonds. The van der Waals surface area contributed by atoms with Gasteiger partial charge in [0.1, 0.15) is 0 Å². The first kappa shape index (κ1) is 22.4.